The van der Waals surface area contributed by atoms with Crippen molar-refractivity contribution >= 4 is 29.2 Å². The monoisotopic (exact) mass is 827 g/mol. The lowest BCUT2D eigenvalue weighted by Gasteiger charge is -2.35. The first kappa shape index (κ1) is 37.1. The smallest absolute Gasteiger partial charge is 0.135 e. The van der Waals surface area contributed by atoms with Gasteiger partial charge in [-0.15, -0.1) is 0 Å². The largest absolute Gasteiger partial charge is 0.456 e. The molecule has 0 amide bonds. The minimum atomic E-state index is -0.475. The van der Waals surface area contributed by atoms with Crippen molar-refractivity contribution in [2.45, 2.75) is 5.41 Å². The van der Waals surface area contributed by atoms with E-state index in [2.05, 4.69) is 242 Å². The number of hydrogen-bond donors (Lipinski definition) is 0. The molecule has 10 aromatic carbocycles. The molecule has 2 nitrogen and oxygen atoms in total. The third-order valence-corrected chi connectivity index (χ3v) is 13.7. The van der Waals surface area contributed by atoms with E-state index < -0.39 is 5.41 Å². The number of nitrogens with zero attached hydrogens (tertiary/aromatic N) is 1. The third-order valence-electron chi connectivity index (χ3n) is 13.7. The summed E-state index contributed by atoms with van der Waals surface area (Å²) in [5, 5.41) is 0. The molecular weight excluding hydrogens is 787 g/mol. The lowest BCUT2D eigenvalue weighted by atomic mass is 9.66. The quantitative estimate of drug-likeness (QED) is 0.171. The molecule has 0 atom stereocenters. The van der Waals surface area contributed by atoms with Gasteiger partial charge in [-0.3, -0.25) is 0 Å². The first-order valence-corrected chi connectivity index (χ1v) is 22.4. The molecule has 10 aromatic rings. The minimum Gasteiger partial charge on any atom is -0.456 e. The Labute approximate surface area is 379 Å². The summed E-state index contributed by atoms with van der Waals surface area (Å²) in [4.78, 5) is 2.37. The van der Waals surface area contributed by atoms with E-state index in [9.17, 15) is 0 Å². The Morgan fingerprint density at radius 2 is 0.723 bits per heavy atom. The molecule has 1 spiro atoms. The molecule has 0 radical (unpaired) electrons. The van der Waals surface area contributed by atoms with Crippen LogP contribution in [0.4, 0.5) is 17.1 Å². The zero-order valence-electron chi connectivity index (χ0n) is 35.5. The summed E-state index contributed by atoms with van der Waals surface area (Å²) in [5.74, 6) is 1.71. The molecule has 3 aliphatic rings. The predicted octanol–water partition coefficient (Wildman–Crippen LogP) is 16.8. The van der Waals surface area contributed by atoms with Crippen LogP contribution in [-0.2, 0) is 5.41 Å². The van der Waals surface area contributed by atoms with Gasteiger partial charge in [0, 0.05) is 28.2 Å². The molecule has 0 bridgehead atoms. The zero-order chi connectivity index (χ0) is 42.9. The fourth-order valence-electron chi connectivity index (χ4n) is 10.8. The SMILES string of the molecule is C1=Cc2ccccc2C2(c3ccccc31)c1ccccc1-c1ccc(-c3ccc(N(c4ccc(-c5ccccc5)cc4)c4ccc5c(c4)-c4ccccc4Oc4ccccc4-5)cc3)cc12. The molecule has 65 heavy (non-hydrogen) atoms. The van der Waals surface area contributed by atoms with E-state index in [0.717, 1.165) is 50.8 Å². The van der Waals surface area contributed by atoms with Crippen LogP contribution in [-0.4, -0.2) is 0 Å². The Morgan fingerprint density at radius 3 is 1.37 bits per heavy atom. The third kappa shape index (κ3) is 5.81. The average molecular weight is 828 g/mol. The van der Waals surface area contributed by atoms with Gasteiger partial charge in [0.1, 0.15) is 11.5 Å². The van der Waals surface area contributed by atoms with E-state index in [1.807, 2.05) is 12.1 Å². The van der Waals surface area contributed by atoms with Crippen LogP contribution in [0.5, 0.6) is 11.5 Å². The minimum absolute atomic E-state index is 0.475. The van der Waals surface area contributed by atoms with Crippen LogP contribution in [0.25, 0.3) is 67.8 Å². The molecule has 1 aliphatic heterocycles. The fourth-order valence-corrected chi connectivity index (χ4v) is 10.8. The Kier molecular flexibility index (Phi) is 8.47. The maximum Gasteiger partial charge on any atom is 0.135 e. The maximum atomic E-state index is 6.57. The summed E-state index contributed by atoms with van der Waals surface area (Å²) in [6.07, 6.45) is 4.59. The number of rotatable bonds is 5. The van der Waals surface area contributed by atoms with Gasteiger partial charge in [0.25, 0.3) is 0 Å². The molecule has 0 saturated carbocycles. The summed E-state index contributed by atoms with van der Waals surface area (Å²) in [6.45, 7) is 0. The van der Waals surface area contributed by atoms with E-state index in [1.165, 1.54) is 66.8 Å². The molecule has 13 rings (SSSR count). The van der Waals surface area contributed by atoms with Crippen molar-refractivity contribution in [1.29, 1.82) is 0 Å². The summed E-state index contributed by atoms with van der Waals surface area (Å²) in [5.41, 5.74) is 22.3. The van der Waals surface area contributed by atoms with Crippen LogP contribution >= 0.6 is 0 Å². The average Bonchev–Trinajstić information content (AvgIpc) is 3.47. The highest BCUT2D eigenvalue weighted by molar-refractivity contribution is 5.95. The Balaban J connectivity index is 0.958. The van der Waals surface area contributed by atoms with E-state index in [-0.39, 0.29) is 0 Å². The van der Waals surface area contributed by atoms with Crippen LogP contribution in [0.3, 0.4) is 0 Å². The van der Waals surface area contributed by atoms with Crippen LogP contribution in [0, 0.1) is 0 Å². The number of fused-ring (bicyclic) bond motifs is 14. The van der Waals surface area contributed by atoms with Crippen LogP contribution in [0.2, 0.25) is 0 Å². The van der Waals surface area contributed by atoms with Gasteiger partial charge in [-0.05, 0) is 132 Å². The van der Waals surface area contributed by atoms with Crippen molar-refractivity contribution in [1.82, 2.24) is 0 Å². The number of anilines is 3. The number of benzene rings is 10. The second-order valence-electron chi connectivity index (χ2n) is 17.2. The summed E-state index contributed by atoms with van der Waals surface area (Å²) in [6, 6.07) is 86.2. The van der Waals surface area contributed by atoms with Crippen LogP contribution in [0.1, 0.15) is 33.4 Å². The van der Waals surface area contributed by atoms with Crippen molar-refractivity contribution in [3.8, 4) is 67.1 Å². The Hall–Kier alpha value is -8.46. The number of para-hydroxylation sites is 2. The molecule has 0 unspecified atom stereocenters. The fraction of sp³-hybridized carbons (Fsp3) is 0.0159. The molecule has 0 fully saturated rings. The van der Waals surface area contributed by atoms with Gasteiger partial charge < -0.3 is 9.64 Å². The maximum absolute atomic E-state index is 6.57. The first-order valence-electron chi connectivity index (χ1n) is 22.4. The van der Waals surface area contributed by atoms with Gasteiger partial charge in [0.05, 0.1) is 5.41 Å². The van der Waals surface area contributed by atoms with Crippen molar-refractivity contribution in [2.24, 2.45) is 0 Å². The standard InChI is InChI=1S/C63H41NO/c1-2-14-42(15-3-1)43-28-33-48(34-29-43)64(50-37-39-51-54-19-7-12-24-61(54)65-62-25-13-8-20-55(62)56(51)41-50)49-35-30-44(31-36-49)47-32-38-53-52-18-6-11-23-59(52)63(60(53)40-47)57-21-9-4-16-45(57)26-27-46-17-5-10-22-58(46)63/h1-41H. The van der Waals surface area contributed by atoms with Crippen molar-refractivity contribution in [2.75, 3.05) is 4.90 Å². The van der Waals surface area contributed by atoms with Crippen molar-refractivity contribution in [3.05, 3.63) is 270 Å². The van der Waals surface area contributed by atoms with Crippen LogP contribution in [0.15, 0.2) is 237 Å². The van der Waals surface area contributed by atoms with E-state index in [0.29, 0.717) is 0 Å². The summed E-state index contributed by atoms with van der Waals surface area (Å²) < 4.78 is 6.57. The number of ether oxygens (including phenoxy) is 1. The van der Waals surface area contributed by atoms with Crippen molar-refractivity contribution < 1.29 is 4.74 Å². The normalized spacial score (nSPS) is 13.1. The zero-order valence-corrected chi connectivity index (χ0v) is 35.5. The lowest BCUT2D eigenvalue weighted by molar-refractivity contribution is 0.488. The molecule has 0 N–H and O–H groups in total. The van der Waals surface area contributed by atoms with Gasteiger partial charge in [-0.1, -0.05) is 194 Å². The van der Waals surface area contributed by atoms with Crippen molar-refractivity contribution in [3.63, 3.8) is 0 Å². The van der Waals surface area contributed by atoms with Gasteiger partial charge in [-0.2, -0.15) is 0 Å². The summed E-state index contributed by atoms with van der Waals surface area (Å²) in [7, 11) is 0. The molecule has 304 valence electrons. The topological polar surface area (TPSA) is 12.5 Å². The highest BCUT2D eigenvalue weighted by atomic mass is 16.5. The molecule has 2 aliphatic carbocycles. The lowest BCUT2D eigenvalue weighted by Crippen LogP contribution is -2.29. The van der Waals surface area contributed by atoms with Gasteiger partial charge in [0.2, 0.25) is 0 Å². The second-order valence-corrected chi connectivity index (χ2v) is 17.2. The summed E-state index contributed by atoms with van der Waals surface area (Å²) >= 11 is 0. The predicted molar refractivity (Wildman–Crippen MR) is 269 cm³/mol. The molecule has 2 heteroatoms. The van der Waals surface area contributed by atoms with Gasteiger partial charge in [-0.25, -0.2) is 0 Å². The van der Waals surface area contributed by atoms with E-state index in [1.54, 1.807) is 0 Å². The Morgan fingerprint density at radius 1 is 0.277 bits per heavy atom. The van der Waals surface area contributed by atoms with E-state index >= 15 is 0 Å². The first-order chi connectivity index (χ1) is 32.2. The van der Waals surface area contributed by atoms with Crippen LogP contribution < -0.4 is 9.64 Å². The molecule has 0 saturated heterocycles. The highest BCUT2D eigenvalue weighted by Crippen LogP contribution is 2.59. The highest BCUT2D eigenvalue weighted by Gasteiger charge is 2.48. The molecule has 1 heterocycles. The van der Waals surface area contributed by atoms with Gasteiger partial charge >= 0.3 is 0 Å². The van der Waals surface area contributed by atoms with Gasteiger partial charge in [0.15, 0.2) is 0 Å². The molecule has 0 aromatic heterocycles. The second kappa shape index (κ2) is 14.8. The number of hydrogen-bond acceptors (Lipinski definition) is 2. The van der Waals surface area contributed by atoms with E-state index in [4.69, 9.17) is 4.74 Å². The Bertz CT molecular complexity index is 3460. The molecular formula is C63H41NO.